The summed E-state index contributed by atoms with van der Waals surface area (Å²) >= 11 is 0. The SMILES string of the molecule is C/C(=C\O)Cc1coc(C)n1. The Morgan fingerprint density at radius 3 is 3.00 bits per heavy atom. The molecule has 0 amide bonds. The van der Waals surface area contributed by atoms with E-state index in [4.69, 9.17) is 9.52 Å². The number of aromatic nitrogens is 1. The number of hydrogen-bond acceptors (Lipinski definition) is 3. The summed E-state index contributed by atoms with van der Waals surface area (Å²) in [5, 5.41) is 8.58. The van der Waals surface area contributed by atoms with Crippen LogP contribution in [0.2, 0.25) is 0 Å². The average Bonchev–Trinajstić information content (AvgIpc) is 2.35. The highest BCUT2D eigenvalue weighted by molar-refractivity contribution is 5.07. The predicted molar refractivity (Wildman–Crippen MR) is 41.3 cm³/mol. The van der Waals surface area contributed by atoms with Crippen LogP contribution in [0, 0.1) is 6.92 Å². The van der Waals surface area contributed by atoms with Crippen LogP contribution in [0.1, 0.15) is 18.5 Å². The maximum absolute atomic E-state index is 8.58. The Hall–Kier alpha value is -1.25. The Kier molecular flexibility index (Phi) is 2.31. The number of aliphatic hydroxyl groups is 1. The van der Waals surface area contributed by atoms with Gasteiger partial charge < -0.3 is 9.52 Å². The van der Waals surface area contributed by atoms with Crippen molar-refractivity contribution >= 4 is 0 Å². The van der Waals surface area contributed by atoms with E-state index in [1.165, 1.54) is 0 Å². The lowest BCUT2D eigenvalue weighted by Gasteiger charge is -1.91. The van der Waals surface area contributed by atoms with Crippen LogP contribution in [0.25, 0.3) is 0 Å². The highest BCUT2D eigenvalue weighted by Crippen LogP contribution is 2.06. The van der Waals surface area contributed by atoms with Crippen LogP contribution in [0.3, 0.4) is 0 Å². The van der Waals surface area contributed by atoms with Gasteiger partial charge in [0.05, 0.1) is 12.0 Å². The van der Waals surface area contributed by atoms with E-state index in [2.05, 4.69) is 4.98 Å². The molecular formula is C8H11NO2. The molecule has 1 aromatic rings. The Morgan fingerprint density at radius 2 is 2.55 bits per heavy atom. The molecule has 3 heteroatoms. The molecule has 60 valence electrons. The maximum atomic E-state index is 8.58. The fourth-order valence-electron chi connectivity index (χ4n) is 0.821. The van der Waals surface area contributed by atoms with Gasteiger partial charge in [-0.3, -0.25) is 0 Å². The standard InChI is InChI=1S/C8H11NO2/c1-6(4-10)3-8-5-11-7(2)9-8/h4-5,10H,3H2,1-2H3/b6-4+. The van der Waals surface area contributed by atoms with E-state index in [1.54, 1.807) is 13.2 Å². The lowest BCUT2D eigenvalue weighted by molar-refractivity contribution is 0.465. The molecule has 0 aliphatic carbocycles. The minimum Gasteiger partial charge on any atom is -0.516 e. The molecule has 1 aromatic heterocycles. The van der Waals surface area contributed by atoms with Gasteiger partial charge in [-0.15, -0.1) is 0 Å². The average molecular weight is 153 g/mol. The largest absolute Gasteiger partial charge is 0.516 e. The first-order valence-electron chi connectivity index (χ1n) is 3.43. The topological polar surface area (TPSA) is 46.3 Å². The first-order chi connectivity index (χ1) is 5.22. The van der Waals surface area contributed by atoms with Crippen LogP contribution in [0.15, 0.2) is 22.5 Å². The van der Waals surface area contributed by atoms with E-state index in [0.717, 1.165) is 17.5 Å². The molecule has 0 aliphatic heterocycles. The second-order valence-corrected chi connectivity index (χ2v) is 2.51. The zero-order valence-corrected chi connectivity index (χ0v) is 6.66. The van der Waals surface area contributed by atoms with Crippen molar-refractivity contribution in [1.29, 1.82) is 0 Å². The molecule has 11 heavy (non-hydrogen) atoms. The van der Waals surface area contributed by atoms with E-state index in [9.17, 15) is 0 Å². The highest BCUT2D eigenvalue weighted by atomic mass is 16.3. The number of allylic oxidation sites excluding steroid dienone is 1. The summed E-state index contributed by atoms with van der Waals surface area (Å²) in [4.78, 5) is 4.08. The maximum Gasteiger partial charge on any atom is 0.191 e. The number of hydrogen-bond donors (Lipinski definition) is 1. The second kappa shape index (κ2) is 3.23. The van der Waals surface area contributed by atoms with E-state index in [0.29, 0.717) is 12.3 Å². The number of aliphatic hydroxyl groups excluding tert-OH is 1. The first kappa shape index (κ1) is 7.85. The van der Waals surface area contributed by atoms with E-state index >= 15 is 0 Å². The molecule has 0 bridgehead atoms. The van der Waals surface area contributed by atoms with Gasteiger partial charge in [-0.1, -0.05) is 0 Å². The number of aryl methyl sites for hydroxylation is 1. The summed E-state index contributed by atoms with van der Waals surface area (Å²) in [6.07, 6.45) is 3.33. The van der Waals surface area contributed by atoms with Crippen LogP contribution in [-0.2, 0) is 6.42 Å². The first-order valence-corrected chi connectivity index (χ1v) is 3.43. The molecule has 3 nitrogen and oxygen atoms in total. The Bertz CT molecular complexity index is 263. The number of rotatable bonds is 2. The van der Waals surface area contributed by atoms with Crippen molar-refractivity contribution in [3.8, 4) is 0 Å². The summed E-state index contributed by atoms with van der Waals surface area (Å²) in [6, 6.07) is 0. The highest BCUT2D eigenvalue weighted by Gasteiger charge is 1.99. The summed E-state index contributed by atoms with van der Waals surface area (Å²) in [5.74, 6) is 0.658. The van der Waals surface area contributed by atoms with Gasteiger partial charge in [0.25, 0.3) is 0 Å². The smallest absolute Gasteiger partial charge is 0.191 e. The molecular weight excluding hydrogens is 142 g/mol. The second-order valence-electron chi connectivity index (χ2n) is 2.51. The Balaban J connectivity index is 2.65. The van der Waals surface area contributed by atoms with Crippen LogP contribution < -0.4 is 0 Å². The lowest BCUT2D eigenvalue weighted by atomic mass is 10.2. The molecule has 0 aliphatic rings. The summed E-state index contributed by atoms with van der Waals surface area (Å²) in [5.41, 5.74) is 1.73. The zero-order valence-electron chi connectivity index (χ0n) is 6.66. The third kappa shape index (κ3) is 2.11. The molecule has 1 N–H and O–H groups in total. The fraction of sp³-hybridized carbons (Fsp3) is 0.375. The van der Waals surface area contributed by atoms with Gasteiger partial charge in [-0.05, 0) is 12.5 Å². The van der Waals surface area contributed by atoms with Gasteiger partial charge in [0.1, 0.15) is 6.26 Å². The van der Waals surface area contributed by atoms with Gasteiger partial charge >= 0.3 is 0 Å². The van der Waals surface area contributed by atoms with Crippen molar-refractivity contribution < 1.29 is 9.52 Å². The van der Waals surface area contributed by atoms with Gasteiger partial charge in [0.15, 0.2) is 5.89 Å². The minimum atomic E-state index is 0.647. The Morgan fingerprint density at radius 1 is 1.82 bits per heavy atom. The summed E-state index contributed by atoms with van der Waals surface area (Å²) < 4.78 is 4.99. The van der Waals surface area contributed by atoms with Crippen molar-refractivity contribution in [3.05, 3.63) is 29.7 Å². The van der Waals surface area contributed by atoms with Crippen LogP contribution in [0.5, 0.6) is 0 Å². The zero-order chi connectivity index (χ0) is 8.27. The third-order valence-corrected chi connectivity index (χ3v) is 1.35. The molecule has 0 aromatic carbocycles. The summed E-state index contributed by atoms with van der Waals surface area (Å²) in [6.45, 7) is 3.63. The van der Waals surface area contributed by atoms with E-state index in [1.807, 2.05) is 6.92 Å². The van der Waals surface area contributed by atoms with Crippen LogP contribution in [0.4, 0.5) is 0 Å². The van der Waals surface area contributed by atoms with Gasteiger partial charge in [-0.25, -0.2) is 4.98 Å². The molecule has 1 heterocycles. The molecule has 0 fully saturated rings. The monoisotopic (exact) mass is 153 g/mol. The van der Waals surface area contributed by atoms with Gasteiger partial charge in [0.2, 0.25) is 0 Å². The molecule has 0 radical (unpaired) electrons. The molecule has 0 spiro atoms. The van der Waals surface area contributed by atoms with E-state index < -0.39 is 0 Å². The van der Waals surface area contributed by atoms with Crippen molar-refractivity contribution in [1.82, 2.24) is 4.98 Å². The van der Waals surface area contributed by atoms with Gasteiger partial charge in [-0.2, -0.15) is 0 Å². The molecule has 0 atom stereocenters. The van der Waals surface area contributed by atoms with Crippen molar-refractivity contribution in [2.75, 3.05) is 0 Å². The lowest BCUT2D eigenvalue weighted by Crippen LogP contribution is -1.86. The predicted octanol–water partition coefficient (Wildman–Crippen LogP) is 1.99. The molecule has 0 unspecified atom stereocenters. The summed E-state index contributed by atoms with van der Waals surface area (Å²) in [7, 11) is 0. The van der Waals surface area contributed by atoms with Crippen molar-refractivity contribution in [2.24, 2.45) is 0 Å². The van der Waals surface area contributed by atoms with E-state index in [-0.39, 0.29) is 0 Å². The van der Waals surface area contributed by atoms with Crippen LogP contribution >= 0.6 is 0 Å². The number of nitrogens with zero attached hydrogens (tertiary/aromatic N) is 1. The van der Waals surface area contributed by atoms with Crippen molar-refractivity contribution in [2.45, 2.75) is 20.3 Å². The van der Waals surface area contributed by atoms with Crippen molar-refractivity contribution in [3.63, 3.8) is 0 Å². The number of oxazole rings is 1. The Labute approximate surface area is 65.4 Å². The van der Waals surface area contributed by atoms with Crippen LogP contribution in [-0.4, -0.2) is 10.1 Å². The normalized spacial score (nSPS) is 12.0. The minimum absolute atomic E-state index is 0.647. The van der Waals surface area contributed by atoms with Gasteiger partial charge in [0, 0.05) is 13.3 Å². The molecule has 1 rings (SSSR count). The molecule has 0 saturated carbocycles. The fourth-order valence-corrected chi connectivity index (χ4v) is 0.821. The molecule has 0 saturated heterocycles. The third-order valence-electron chi connectivity index (χ3n) is 1.35. The quantitative estimate of drug-likeness (QED) is 0.661.